The number of amides is 1. The molecule has 2 aromatic heterocycles. The number of hydrogen-bond donors (Lipinski definition) is 1. The molecule has 7 heteroatoms. The summed E-state index contributed by atoms with van der Waals surface area (Å²) in [5, 5.41) is 2.78. The summed E-state index contributed by atoms with van der Waals surface area (Å²) in [6, 6.07) is 7.23. The molecule has 0 aromatic carbocycles. The number of hydrogen-bond acceptors (Lipinski definition) is 6. The van der Waals surface area contributed by atoms with Crippen molar-refractivity contribution < 1.29 is 14.3 Å². The van der Waals surface area contributed by atoms with E-state index in [1.807, 2.05) is 12.1 Å². The van der Waals surface area contributed by atoms with E-state index >= 15 is 0 Å². The van der Waals surface area contributed by atoms with Gasteiger partial charge in [0.05, 0.1) is 30.7 Å². The molecule has 1 spiro atoms. The SMILES string of the molecule is O=C(Nc1ccc(N2CCC3(CC2)OCCO3)cn1)c1cccnc1. The van der Waals surface area contributed by atoms with Crippen molar-refractivity contribution in [3.63, 3.8) is 0 Å². The second kappa shape index (κ2) is 6.78. The molecule has 2 fully saturated rings. The molecule has 130 valence electrons. The number of nitrogens with zero attached hydrogens (tertiary/aromatic N) is 3. The Balaban J connectivity index is 1.37. The molecule has 0 saturated carbocycles. The average molecular weight is 340 g/mol. The predicted octanol–water partition coefficient (Wildman–Crippen LogP) is 2.07. The van der Waals surface area contributed by atoms with Crippen molar-refractivity contribution in [1.29, 1.82) is 0 Å². The van der Waals surface area contributed by atoms with Crippen LogP contribution in [0.15, 0.2) is 42.9 Å². The number of nitrogens with one attached hydrogen (secondary N) is 1. The number of ether oxygens (including phenoxy) is 2. The van der Waals surface area contributed by atoms with Crippen molar-refractivity contribution in [2.24, 2.45) is 0 Å². The fraction of sp³-hybridized carbons (Fsp3) is 0.389. The van der Waals surface area contributed by atoms with Crippen LogP contribution in [0.1, 0.15) is 23.2 Å². The van der Waals surface area contributed by atoms with Crippen molar-refractivity contribution in [1.82, 2.24) is 9.97 Å². The summed E-state index contributed by atoms with van der Waals surface area (Å²) in [6.07, 6.45) is 6.65. The lowest BCUT2D eigenvalue weighted by atomic mass is 10.0. The Labute approximate surface area is 146 Å². The van der Waals surface area contributed by atoms with Crippen LogP contribution in [0.5, 0.6) is 0 Å². The van der Waals surface area contributed by atoms with E-state index in [0.717, 1.165) is 31.6 Å². The number of piperidine rings is 1. The van der Waals surface area contributed by atoms with Crippen molar-refractivity contribution >= 4 is 17.4 Å². The molecule has 1 amide bonds. The molecule has 2 aliphatic rings. The van der Waals surface area contributed by atoms with Crippen LogP contribution in [0.25, 0.3) is 0 Å². The second-order valence-corrected chi connectivity index (χ2v) is 6.19. The van der Waals surface area contributed by atoms with Crippen molar-refractivity contribution in [3.05, 3.63) is 48.4 Å². The minimum atomic E-state index is -0.373. The zero-order valence-corrected chi connectivity index (χ0v) is 13.9. The van der Waals surface area contributed by atoms with Gasteiger partial charge in [0.15, 0.2) is 5.79 Å². The van der Waals surface area contributed by atoms with E-state index in [9.17, 15) is 4.79 Å². The second-order valence-electron chi connectivity index (χ2n) is 6.19. The summed E-state index contributed by atoms with van der Waals surface area (Å²) in [5.41, 5.74) is 1.54. The monoisotopic (exact) mass is 340 g/mol. The molecular weight excluding hydrogens is 320 g/mol. The van der Waals surface area contributed by atoms with E-state index < -0.39 is 0 Å². The number of pyridine rings is 2. The molecule has 2 saturated heterocycles. The van der Waals surface area contributed by atoms with Crippen LogP contribution in [0, 0.1) is 0 Å². The first-order chi connectivity index (χ1) is 12.2. The van der Waals surface area contributed by atoms with Gasteiger partial charge in [-0.2, -0.15) is 0 Å². The van der Waals surface area contributed by atoms with Gasteiger partial charge in [-0.05, 0) is 24.3 Å². The van der Waals surface area contributed by atoms with Gasteiger partial charge in [0, 0.05) is 38.3 Å². The molecule has 25 heavy (non-hydrogen) atoms. The van der Waals surface area contributed by atoms with Gasteiger partial charge in [-0.1, -0.05) is 0 Å². The summed E-state index contributed by atoms with van der Waals surface area (Å²) in [4.78, 5) is 22.7. The highest BCUT2D eigenvalue weighted by molar-refractivity contribution is 6.03. The number of rotatable bonds is 3. The highest BCUT2D eigenvalue weighted by Gasteiger charge is 2.39. The minimum Gasteiger partial charge on any atom is -0.370 e. The van der Waals surface area contributed by atoms with E-state index in [0.29, 0.717) is 24.6 Å². The standard InChI is InChI=1S/C18H20N4O3/c23-17(14-2-1-7-19-12-14)21-16-4-3-15(13-20-16)22-8-5-18(6-9-22)24-10-11-25-18/h1-4,7,12-13H,5-6,8-11H2,(H,20,21,23). The lowest BCUT2D eigenvalue weighted by molar-refractivity contribution is -0.169. The molecule has 0 radical (unpaired) electrons. The third kappa shape index (κ3) is 3.47. The molecule has 0 aliphatic carbocycles. The summed E-state index contributed by atoms with van der Waals surface area (Å²) < 4.78 is 11.5. The lowest BCUT2D eigenvalue weighted by Gasteiger charge is -2.38. The molecule has 2 aromatic rings. The fourth-order valence-electron chi connectivity index (χ4n) is 3.22. The first kappa shape index (κ1) is 16.0. The van der Waals surface area contributed by atoms with Gasteiger partial charge in [-0.15, -0.1) is 0 Å². The van der Waals surface area contributed by atoms with Gasteiger partial charge in [0.25, 0.3) is 5.91 Å². The van der Waals surface area contributed by atoms with E-state index in [2.05, 4.69) is 20.2 Å². The Morgan fingerprint density at radius 1 is 1.12 bits per heavy atom. The van der Waals surface area contributed by atoms with Crippen LogP contribution in [0.2, 0.25) is 0 Å². The molecule has 4 heterocycles. The van der Waals surface area contributed by atoms with Gasteiger partial charge < -0.3 is 19.7 Å². The van der Waals surface area contributed by atoms with E-state index in [1.54, 1.807) is 24.5 Å². The fourth-order valence-corrected chi connectivity index (χ4v) is 3.22. The van der Waals surface area contributed by atoms with E-state index in [4.69, 9.17) is 9.47 Å². The Bertz CT molecular complexity index is 720. The van der Waals surface area contributed by atoms with E-state index in [-0.39, 0.29) is 11.7 Å². The molecule has 4 rings (SSSR count). The minimum absolute atomic E-state index is 0.219. The van der Waals surface area contributed by atoms with Gasteiger partial charge in [-0.3, -0.25) is 9.78 Å². The average Bonchev–Trinajstić information content (AvgIpc) is 3.12. The lowest BCUT2D eigenvalue weighted by Crippen LogP contribution is -2.45. The first-order valence-electron chi connectivity index (χ1n) is 8.44. The van der Waals surface area contributed by atoms with Crippen molar-refractivity contribution in [2.45, 2.75) is 18.6 Å². The largest absolute Gasteiger partial charge is 0.370 e. The number of carbonyl (C=O) groups is 1. The molecule has 0 unspecified atom stereocenters. The third-order valence-electron chi connectivity index (χ3n) is 4.62. The van der Waals surface area contributed by atoms with Crippen LogP contribution >= 0.6 is 0 Å². The highest BCUT2D eigenvalue weighted by atomic mass is 16.7. The Hall–Kier alpha value is -2.51. The smallest absolute Gasteiger partial charge is 0.258 e. The Morgan fingerprint density at radius 2 is 1.92 bits per heavy atom. The summed E-state index contributed by atoms with van der Waals surface area (Å²) in [5.74, 6) is -0.0704. The molecule has 1 N–H and O–H groups in total. The summed E-state index contributed by atoms with van der Waals surface area (Å²) in [7, 11) is 0. The maximum atomic E-state index is 12.1. The van der Waals surface area contributed by atoms with Crippen LogP contribution < -0.4 is 10.2 Å². The van der Waals surface area contributed by atoms with Gasteiger partial charge in [0.2, 0.25) is 0 Å². The van der Waals surface area contributed by atoms with Crippen molar-refractivity contribution in [2.75, 3.05) is 36.5 Å². The zero-order chi connectivity index (χ0) is 17.1. The molecule has 0 bridgehead atoms. The third-order valence-corrected chi connectivity index (χ3v) is 4.62. The number of aromatic nitrogens is 2. The van der Waals surface area contributed by atoms with Gasteiger partial charge >= 0.3 is 0 Å². The van der Waals surface area contributed by atoms with Crippen LogP contribution in [-0.4, -0.2) is 48.0 Å². The Kier molecular flexibility index (Phi) is 4.33. The van der Waals surface area contributed by atoms with Crippen LogP contribution in [0.4, 0.5) is 11.5 Å². The van der Waals surface area contributed by atoms with E-state index in [1.165, 1.54) is 6.20 Å². The molecule has 2 aliphatic heterocycles. The normalized spacial score (nSPS) is 19.1. The molecule has 0 atom stereocenters. The maximum Gasteiger partial charge on any atom is 0.258 e. The van der Waals surface area contributed by atoms with Crippen molar-refractivity contribution in [3.8, 4) is 0 Å². The quantitative estimate of drug-likeness (QED) is 0.922. The van der Waals surface area contributed by atoms with Crippen LogP contribution in [-0.2, 0) is 9.47 Å². The highest BCUT2D eigenvalue weighted by Crippen LogP contribution is 2.33. The molecular formula is C18H20N4O3. The number of anilines is 2. The van der Waals surface area contributed by atoms with Gasteiger partial charge in [0.1, 0.15) is 5.82 Å². The summed E-state index contributed by atoms with van der Waals surface area (Å²) >= 11 is 0. The van der Waals surface area contributed by atoms with Gasteiger partial charge in [-0.25, -0.2) is 4.98 Å². The first-order valence-corrected chi connectivity index (χ1v) is 8.44. The maximum absolute atomic E-state index is 12.1. The predicted molar refractivity (Wildman–Crippen MR) is 92.5 cm³/mol. The zero-order valence-electron chi connectivity index (χ0n) is 13.9. The Morgan fingerprint density at radius 3 is 2.56 bits per heavy atom. The summed E-state index contributed by atoms with van der Waals surface area (Å²) in [6.45, 7) is 3.10. The number of carbonyl (C=O) groups excluding carboxylic acids is 1. The molecule has 7 nitrogen and oxygen atoms in total. The van der Waals surface area contributed by atoms with Crippen LogP contribution in [0.3, 0.4) is 0 Å². The topological polar surface area (TPSA) is 76.6 Å².